The summed E-state index contributed by atoms with van der Waals surface area (Å²) < 4.78 is 12.1. The van der Waals surface area contributed by atoms with Gasteiger partial charge in [0.25, 0.3) is 0 Å². The summed E-state index contributed by atoms with van der Waals surface area (Å²) in [4.78, 5) is 12.6. The number of hydrogen-bond donors (Lipinski definition) is 2. The van der Waals surface area contributed by atoms with E-state index in [0.717, 1.165) is 34.9 Å². The standard InChI is InChI=1S/C28H31N5O3S/c1-4-24-26(31-28(37-24)33(3)18-19-7-6-16-30-17-19)20-8-12-22(13-9-20)35-25(5-2)36-23-14-10-21(11-15-23)27(29)32-34/h6-17,25,34H,4-5,18H2,1-3H3,(H2,29,32). The zero-order valence-corrected chi connectivity index (χ0v) is 22.0. The molecule has 37 heavy (non-hydrogen) atoms. The Balaban J connectivity index is 1.43. The lowest BCUT2D eigenvalue weighted by Gasteiger charge is -2.19. The predicted molar refractivity (Wildman–Crippen MR) is 148 cm³/mol. The van der Waals surface area contributed by atoms with Crippen LogP contribution in [0.15, 0.2) is 78.2 Å². The highest BCUT2D eigenvalue weighted by molar-refractivity contribution is 7.16. The lowest BCUT2D eigenvalue weighted by molar-refractivity contribution is 0.00331. The number of aromatic nitrogens is 2. The average Bonchev–Trinajstić information content (AvgIpc) is 3.38. The van der Waals surface area contributed by atoms with Gasteiger partial charge in [-0.05, 0) is 66.6 Å². The molecule has 0 amide bonds. The lowest BCUT2D eigenvalue weighted by Crippen LogP contribution is -2.23. The van der Waals surface area contributed by atoms with Crippen molar-refractivity contribution in [2.45, 2.75) is 39.5 Å². The number of amidine groups is 1. The van der Waals surface area contributed by atoms with Gasteiger partial charge in [-0.2, -0.15) is 0 Å². The minimum atomic E-state index is -0.459. The Morgan fingerprint density at radius 3 is 2.30 bits per heavy atom. The van der Waals surface area contributed by atoms with Gasteiger partial charge >= 0.3 is 0 Å². The van der Waals surface area contributed by atoms with Crippen LogP contribution in [0.25, 0.3) is 11.3 Å². The van der Waals surface area contributed by atoms with Crippen LogP contribution in [-0.2, 0) is 13.0 Å². The molecule has 4 aromatic rings. The van der Waals surface area contributed by atoms with Crippen molar-refractivity contribution in [3.63, 3.8) is 0 Å². The molecule has 8 nitrogen and oxygen atoms in total. The molecule has 0 fully saturated rings. The summed E-state index contributed by atoms with van der Waals surface area (Å²) in [6, 6.07) is 19.0. The van der Waals surface area contributed by atoms with Crippen LogP contribution in [-0.4, -0.2) is 34.3 Å². The van der Waals surface area contributed by atoms with Crippen molar-refractivity contribution >= 4 is 22.3 Å². The predicted octanol–water partition coefficient (Wildman–Crippen LogP) is 5.69. The van der Waals surface area contributed by atoms with Gasteiger partial charge in [0.05, 0.1) is 5.69 Å². The first kappa shape index (κ1) is 26.0. The number of anilines is 1. The molecule has 192 valence electrons. The molecule has 0 bridgehead atoms. The number of nitrogens with zero attached hydrogens (tertiary/aromatic N) is 4. The Morgan fingerprint density at radius 1 is 1.05 bits per heavy atom. The van der Waals surface area contributed by atoms with E-state index in [-0.39, 0.29) is 5.84 Å². The lowest BCUT2D eigenvalue weighted by atomic mass is 10.1. The number of nitrogens with two attached hydrogens (primary N) is 1. The second-order valence-electron chi connectivity index (χ2n) is 8.45. The van der Waals surface area contributed by atoms with E-state index in [1.54, 1.807) is 41.8 Å². The topological polar surface area (TPSA) is 106 Å². The monoisotopic (exact) mass is 517 g/mol. The van der Waals surface area contributed by atoms with Crippen LogP contribution >= 0.6 is 11.3 Å². The van der Waals surface area contributed by atoms with E-state index in [0.29, 0.717) is 23.5 Å². The molecule has 2 aromatic carbocycles. The molecule has 1 atom stereocenters. The summed E-state index contributed by atoms with van der Waals surface area (Å²) in [7, 11) is 2.06. The molecule has 0 spiro atoms. The number of thiazole rings is 1. The Labute approximate surface area is 221 Å². The summed E-state index contributed by atoms with van der Waals surface area (Å²) in [5.41, 5.74) is 9.43. The van der Waals surface area contributed by atoms with Gasteiger partial charge in [0.15, 0.2) is 11.0 Å². The smallest absolute Gasteiger partial charge is 0.240 e. The van der Waals surface area contributed by atoms with Crippen LogP contribution in [0.3, 0.4) is 0 Å². The minimum absolute atomic E-state index is 0.0496. The van der Waals surface area contributed by atoms with Crippen molar-refractivity contribution in [2.24, 2.45) is 10.9 Å². The van der Waals surface area contributed by atoms with Gasteiger partial charge in [0.2, 0.25) is 6.29 Å². The maximum Gasteiger partial charge on any atom is 0.240 e. The van der Waals surface area contributed by atoms with Gasteiger partial charge in [-0.25, -0.2) is 4.98 Å². The van der Waals surface area contributed by atoms with Gasteiger partial charge in [-0.15, -0.1) is 11.3 Å². The molecular weight excluding hydrogens is 486 g/mol. The van der Waals surface area contributed by atoms with Crippen LogP contribution in [0.1, 0.15) is 36.3 Å². The summed E-state index contributed by atoms with van der Waals surface area (Å²) >= 11 is 1.72. The fourth-order valence-corrected chi connectivity index (χ4v) is 4.73. The molecule has 0 aliphatic heterocycles. The number of rotatable bonds is 11. The highest BCUT2D eigenvalue weighted by Crippen LogP contribution is 2.34. The van der Waals surface area contributed by atoms with E-state index in [4.69, 9.17) is 25.4 Å². The van der Waals surface area contributed by atoms with Crippen molar-refractivity contribution in [2.75, 3.05) is 11.9 Å². The molecule has 9 heteroatoms. The summed E-state index contributed by atoms with van der Waals surface area (Å²) in [6.07, 6.45) is 4.77. The first-order valence-electron chi connectivity index (χ1n) is 12.1. The maximum absolute atomic E-state index is 8.81. The van der Waals surface area contributed by atoms with Crippen LogP contribution in [0, 0.1) is 0 Å². The largest absolute Gasteiger partial charge is 0.455 e. The molecule has 0 saturated heterocycles. The second kappa shape index (κ2) is 12.2. The van der Waals surface area contributed by atoms with E-state index in [1.165, 1.54) is 4.88 Å². The number of hydrogen-bond acceptors (Lipinski definition) is 8. The van der Waals surface area contributed by atoms with Crippen molar-refractivity contribution < 1.29 is 14.7 Å². The average molecular weight is 518 g/mol. The van der Waals surface area contributed by atoms with E-state index >= 15 is 0 Å². The van der Waals surface area contributed by atoms with Gasteiger partial charge in [0, 0.05) is 48.4 Å². The fraction of sp³-hybridized carbons (Fsp3) is 0.250. The van der Waals surface area contributed by atoms with Crippen molar-refractivity contribution in [3.05, 3.63) is 89.1 Å². The van der Waals surface area contributed by atoms with Crippen molar-refractivity contribution in [3.8, 4) is 22.8 Å². The Bertz CT molecular complexity index is 1310. The molecular formula is C28H31N5O3S. The number of ether oxygens (including phenoxy) is 2. The molecule has 2 heterocycles. The van der Waals surface area contributed by atoms with Crippen LogP contribution in [0.2, 0.25) is 0 Å². The number of aryl methyl sites for hydroxylation is 1. The quantitative estimate of drug-likeness (QED) is 0.0865. The third-order valence-corrected chi connectivity index (χ3v) is 7.04. The highest BCUT2D eigenvalue weighted by Gasteiger charge is 2.16. The zero-order chi connectivity index (χ0) is 26.2. The summed E-state index contributed by atoms with van der Waals surface area (Å²) in [6.45, 7) is 4.90. The number of oxime groups is 1. The molecule has 0 aliphatic rings. The van der Waals surface area contributed by atoms with E-state index in [2.05, 4.69) is 35.1 Å². The SMILES string of the molecule is CCc1sc(N(C)Cc2cccnc2)nc1-c1ccc(OC(CC)Oc2ccc(/C(N)=N/O)cc2)cc1. The van der Waals surface area contributed by atoms with Gasteiger partial charge in [-0.1, -0.05) is 25.1 Å². The molecule has 2 aromatic heterocycles. The first-order valence-corrected chi connectivity index (χ1v) is 12.9. The molecule has 1 unspecified atom stereocenters. The first-order chi connectivity index (χ1) is 18.0. The molecule has 0 radical (unpaired) electrons. The molecule has 0 aliphatic carbocycles. The number of pyridine rings is 1. The van der Waals surface area contributed by atoms with Crippen molar-refractivity contribution in [1.29, 1.82) is 0 Å². The molecule has 0 saturated carbocycles. The zero-order valence-electron chi connectivity index (χ0n) is 21.2. The highest BCUT2D eigenvalue weighted by atomic mass is 32.1. The Kier molecular flexibility index (Phi) is 8.58. The normalized spacial score (nSPS) is 12.2. The third-order valence-electron chi connectivity index (χ3n) is 5.73. The van der Waals surface area contributed by atoms with E-state index in [9.17, 15) is 0 Å². The molecule has 4 rings (SSSR count). The third kappa shape index (κ3) is 6.56. The van der Waals surface area contributed by atoms with Crippen LogP contribution in [0.4, 0.5) is 5.13 Å². The van der Waals surface area contributed by atoms with Gasteiger partial charge in [-0.3, -0.25) is 4.98 Å². The summed E-state index contributed by atoms with van der Waals surface area (Å²) in [5.74, 6) is 1.40. The Morgan fingerprint density at radius 2 is 1.73 bits per heavy atom. The summed E-state index contributed by atoms with van der Waals surface area (Å²) in [5, 5.41) is 12.8. The van der Waals surface area contributed by atoms with Crippen LogP contribution < -0.4 is 20.1 Å². The van der Waals surface area contributed by atoms with Gasteiger partial charge in [0.1, 0.15) is 11.5 Å². The maximum atomic E-state index is 8.81. The van der Waals surface area contributed by atoms with E-state index < -0.39 is 6.29 Å². The van der Waals surface area contributed by atoms with Crippen molar-refractivity contribution in [1.82, 2.24) is 9.97 Å². The van der Waals surface area contributed by atoms with E-state index in [1.807, 2.05) is 43.5 Å². The van der Waals surface area contributed by atoms with Gasteiger partial charge < -0.3 is 25.3 Å². The second-order valence-corrected chi connectivity index (χ2v) is 9.51. The minimum Gasteiger partial charge on any atom is -0.455 e. The molecule has 3 N–H and O–H groups in total. The van der Waals surface area contributed by atoms with Crippen LogP contribution in [0.5, 0.6) is 11.5 Å². The Hall–Kier alpha value is -4.11. The fourth-order valence-electron chi connectivity index (χ4n) is 3.75. The number of benzene rings is 2.